The highest BCUT2D eigenvalue weighted by atomic mass is 35.5. The number of nitrogens with zero attached hydrogens (tertiary/aromatic N) is 2. The summed E-state index contributed by atoms with van der Waals surface area (Å²) >= 11 is 5.81. The molecule has 0 fully saturated rings. The first-order valence-corrected chi connectivity index (χ1v) is 6.26. The Balaban J connectivity index is 2.04. The van der Waals surface area contributed by atoms with Gasteiger partial charge in [-0.1, -0.05) is 23.7 Å². The lowest BCUT2D eigenvalue weighted by Gasteiger charge is -2.07. The van der Waals surface area contributed by atoms with E-state index >= 15 is 0 Å². The van der Waals surface area contributed by atoms with E-state index in [0.717, 1.165) is 5.56 Å². The molecule has 0 saturated heterocycles. The molecule has 2 aromatic rings. The van der Waals surface area contributed by atoms with Crippen LogP contribution in [0.1, 0.15) is 5.56 Å². The number of hydrogen-bond acceptors (Lipinski definition) is 5. The highest BCUT2D eigenvalue weighted by molar-refractivity contribution is 6.32. The molecule has 0 amide bonds. The second-order valence-corrected chi connectivity index (χ2v) is 4.61. The van der Waals surface area contributed by atoms with Gasteiger partial charge in [0.1, 0.15) is 5.02 Å². The fraction of sp³-hybridized carbons (Fsp3) is 0.0769. The molecule has 0 saturated carbocycles. The molecular weight excluding hydrogens is 298 g/mol. The third-order valence-electron chi connectivity index (χ3n) is 2.79. The van der Waals surface area contributed by atoms with Crippen LogP contribution < -0.4 is 5.32 Å². The van der Waals surface area contributed by atoms with Gasteiger partial charge in [0, 0.05) is 30.4 Å². The molecule has 2 rings (SSSR count). The van der Waals surface area contributed by atoms with Gasteiger partial charge in [-0.05, 0) is 17.7 Å². The van der Waals surface area contributed by atoms with E-state index in [1.165, 1.54) is 24.3 Å². The van der Waals surface area contributed by atoms with Gasteiger partial charge in [0.15, 0.2) is 0 Å². The summed E-state index contributed by atoms with van der Waals surface area (Å²) in [6.45, 7) is 0.423. The molecule has 0 aliphatic heterocycles. The van der Waals surface area contributed by atoms with Crippen LogP contribution in [0.4, 0.5) is 17.1 Å². The number of hydrogen-bond donors (Lipinski definition) is 1. The summed E-state index contributed by atoms with van der Waals surface area (Å²) in [4.78, 5) is 20.2. The second kappa shape index (κ2) is 6.19. The van der Waals surface area contributed by atoms with E-state index in [2.05, 4.69) is 5.32 Å². The van der Waals surface area contributed by atoms with E-state index in [0.29, 0.717) is 12.2 Å². The lowest BCUT2D eigenvalue weighted by Crippen LogP contribution is -2.00. The van der Waals surface area contributed by atoms with Gasteiger partial charge in [0.05, 0.1) is 9.85 Å². The first-order valence-electron chi connectivity index (χ1n) is 5.88. The SMILES string of the molecule is O=[N+]([O-])c1ccc(CNc2ccc([N+](=O)[O-])c(Cl)c2)cc1. The van der Waals surface area contributed by atoms with Crippen molar-refractivity contribution in [2.45, 2.75) is 6.54 Å². The van der Waals surface area contributed by atoms with Gasteiger partial charge in [-0.3, -0.25) is 20.2 Å². The molecule has 0 aliphatic carbocycles. The molecule has 0 aliphatic rings. The zero-order chi connectivity index (χ0) is 15.4. The molecule has 0 aromatic heterocycles. The van der Waals surface area contributed by atoms with Crippen LogP contribution in [0.25, 0.3) is 0 Å². The Morgan fingerprint density at radius 3 is 2.19 bits per heavy atom. The Kier molecular flexibility index (Phi) is 4.34. The first kappa shape index (κ1) is 14.7. The largest absolute Gasteiger partial charge is 0.381 e. The lowest BCUT2D eigenvalue weighted by atomic mass is 10.2. The summed E-state index contributed by atoms with van der Waals surface area (Å²) in [6, 6.07) is 10.4. The van der Waals surface area contributed by atoms with Crippen molar-refractivity contribution in [3.8, 4) is 0 Å². The maximum atomic E-state index is 10.6. The van der Waals surface area contributed by atoms with Crippen LogP contribution in [0.15, 0.2) is 42.5 Å². The predicted molar refractivity (Wildman–Crippen MR) is 78.5 cm³/mol. The lowest BCUT2D eigenvalue weighted by molar-refractivity contribution is -0.385. The molecule has 108 valence electrons. The molecule has 0 unspecified atom stereocenters. The zero-order valence-electron chi connectivity index (χ0n) is 10.7. The molecule has 1 N–H and O–H groups in total. The molecule has 0 spiro atoms. The summed E-state index contributed by atoms with van der Waals surface area (Å²) in [5, 5.41) is 24.3. The highest BCUT2D eigenvalue weighted by Crippen LogP contribution is 2.27. The van der Waals surface area contributed by atoms with Crippen molar-refractivity contribution in [3.63, 3.8) is 0 Å². The van der Waals surface area contributed by atoms with E-state index in [-0.39, 0.29) is 16.4 Å². The Morgan fingerprint density at radius 2 is 1.67 bits per heavy atom. The fourth-order valence-corrected chi connectivity index (χ4v) is 1.95. The molecule has 7 nitrogen and oxygen atoms in total. The van der Waals surface area contributed by atoms with Crippen LogP contribution >= 0.6 is 11.6 Å². The Labute approximate surface area is 124 Å². The van der Waals surface area contributed by atoms with Gasteiger partial charge < -0.3 is 5.32 Å². The Morgan fingerprint density at radius 1 is 1.00 bits per heavy atom. The van der Waals surface area contributed by atoms with Crippen LogP contribution in [0.5, 0.6) is 0 Å². The quantitative estimate of drug-likeness (QED) is 0.669. The molecule has 0 bridgehead atoms. The van der Waals surface area contributed by atoms with Crippen molar-refractivity contribution in [3.05, 3.63) is 73.3 Å². The van der Waals surface area contributed by atoms with Gasteiger partial charge in [0.25, 0.3) is 11.4 Å². The highest BCUT2D eigenvalue weighted by Gasteiger charge is 2.12. The first-order chi connectivity index (χ1) is 9.97. The average Bonchev–Trinajstić information content (AvgIpc) is 2.45. The predicted octanol–water partition coefficient (Wildman–Crippen LogP) is 3.77. The fourth-order valence-electron chi connectivity index (χ4n) is 1.70. The van der Waals surface area contributed by atoms with Crippen molar-refractivity contribution >= 4 is 28.7 Å². The van der Waals surface area contributed by atoms with E-state index in [1.54, 1.807) is 18.2 Å². The van der Waals surface area contributed by atoms with Gasteiger partial charge in [-0.2, -0.15) is 0 Å². The van der Waals surface area contributed by atoms with Crippen LogP contribution in [0, 0.1) is 20.2 Å². The topological polar surface area (TPSA) is 98.3 Å². The zero-order valence-corrected chi connectivity index (χ0v) is 11.4. The average molecular weight is 308 g/mol. The van der Waals surface area contributed by atoms with Crippen LogP contribution in [0.3, 0.4) is 0 Å². The summed E-state index contributed by atoms with van der Waals surface area (Å²) in [6.07, 6.45) is 0. The van der Waals surface area contributed by atoms with Crippen molar-refractivity contribution in [1.82, 2.24) is 0 Å². The van der Waals surface area contributed by atoms with E-state index < -0.39 is 9.85 Å². The number of nitro groups is 2. The van der Waals surface area contributed by atoms with E-state index in [1.807, 2.05) is 0 Å². The summed E-state index contributed by atoms with van der Waals surface area (Å²) in [5.41, 5.74) is 1.34. The van der Waals surface area contributed by atoms with E-state index in [9.17, 15) is 20.2 Å². The number of halogens is 1. The van der Waals surface area contributed by atoms with Crippen molar-refractivity contribution < 1.29 is 9.85 Å². The van der Waals surface area contributed by atoms with Crippen molar-refractivity contribution in [2.24, 2.45) is 0 Å². The minimum Gasteiger partial charge on any atom is -0.381 e. The van der Waals surface area contributed by atoms with Gasteiger partial charge in [-0.25, -0.2) is 0 Å². The molecular formula is C13H10ClN3O4. The van der Waals surface area contributed by atoms with Crippen LogP contribution in [0.2, 0.25) is 5.02 Å². The Bertz CT molecular complexity index is 688. The normalized spacial score (nSPS) is 10.1. The molecule has 0 heterocycles. The number of non-ortho nitro benzene ring substituents is 1. The maximum Gasteiger partial charge on any atom is 0.288 e. The minimum atomic E-state index is -0.553. The third-order valence-corrected chi connectivity index (χ3v) is 3.09. The second-order valence-electron chi connectivity index (χ2n) is 4.20. The van der Waals surface area contributed by atoms with Crippen molar-refractivity contribution in [2.75, 3.05) is 5.32 Å². The summed E-state index contributed by atoms with van der Waals surface area (Å²) in [5.74, 6) is 0. The molecule has 8 heteroatoms. The number of nitrogens with one attached hydrogen (secondary N) is 1. The molecule has 21 heavy (non-hydrogen) atoms. The van der Waals surface area contributed by atoms with Gasteiger partial charge in [-0.15, -0.1) is 0 Å². The maximum absolute atomic E-state index is 10.6. The minimum absolute atomic E-state index is 0.0251. The van der Waals surface area contributed by atoms with Gasteiger partial charge >= 0.3 is 0 Å². The van der Waals surface area contributed by atoms with Gasteiger partial charge in [0.2, 0.25) is 0 Å². The molecule has 0 atom stereocenters. The summed E-state index contributed by atoms with van der Waals surface area (Å²) in [7, 11) is 0. The van der Waals surface area contributed by atoms with Crippen LogP contribution in [-0.4, -0.2) is 9.85 Å². The molecule has 0 radical (unpaired) electrons. The number of anilines is 1. The number of benzene rings is 2. The Hall–Kier alpha value is -2.67. The third kappa shape index (κ3) is 3.67. The van der Waals surface area contributed by atoms with Crippen molar-refractivity contribution in [1.29, 1.82) is 0 Å². The molecule has 2 aromatic carbocycles. The van der Waals surface area contributed by atoms with Crippen LogP contribution in [-0.2, 0) is 6.54 Å². The number of rotatable bonds is 5. The smallest absolute Gasteiger partial charge is 0.288 e. The van der Waals surface area contributed by atoms with E-state index in [4.69, 9.17) is 11.6 Å². The number of nitro benzene ring substituents is 2. The standard InChI is InChI=1S/C13H10ClN3O4/c14-12-7-10(3-6-13(12)17(20)21)15-8-9-1-4-11(5-2-9)16(18)19/h1-7,15H,8H2. The monoisotopic (exact) mass is 307 g/mol. The summed E-state index contributed by atoms with van der Waals surface area (Å²) < 4.78 is 0.